The van der Waals surface area contributed by atoms with E-state index in [9.17, 15) is 9.90 Å². The van der Waals surface area contributed by atoms with Crippen LogP contribution >= 0.6 is 15.9 Å². The molecule has 0 unspecified atom stereocenters. The van der Waals surface area contributed by atoms with E-state index in [4.69, 9.17) is 0 Å². The second kappa shape index (κ2) is 7.79. The summed E-state index contributed by atoms with van der Waals surface area (Å²) in [6.45, 7) is 0. The fraction of sp³-hybridized carbons (Fsp3) is 0.190. The summed E-state index contributed by atoms with van der Waals surface area (Å²) in [7, 11) is 4.01. The lowest BCUT2D eigenvalue weighted by Gasteiger charge is -2.17. The maximum atomic E-state index is 10.9. The Balaban J connectivity index is 2.07. The van der Waals surface area contributed by atoms with Crippen LogP contribution in [0.15, 0.2) is 65.1 Å². The van der Waals surface area contributed by atoms with Crippen LogP contribution in [0.3, 0.4) is 0 Å². The Kier molecular flexibility index (Phi) is 5.47. The van der Waals surface area contributed by atoms with Crippen molar-refractivity contribution < 1.29 is 9.90 Å². The van der Waals surface area contributed by atoms with Gasteiger partial charge in [-0.15, -0.1) is 0 Å². The highest BCUT2D eigenvalue weighted by Crippen LogP contribution is 2.29. The van der Waals surface area contributed by atoms with Crippen LogP contribution in [0, 0.1) is 0 Å². The number of carbonyl (C=O) groups is 1. The molecule has 3 rings (SSSR count). The van der Waals surface area contributed by atoms with Gasteiger partial charge in [0.05, 0.1) is 5.69 Å². The number of aryl methyl sites for hydroxylation is 1. The first-order valence-electron chi connectivity index (χ1n) is 8.40. The number of benzene rings is 2. The summed E-state index contributed by atoms with van der Waals surface area (Å²) in [5, 5.41) is 10.9. The van der Waals surface area contributed by atoms with Crippen LogP contribution in [0.25, 0.3) is 16.9 Å². The van der Waals surface area contributed by atoms with Gasteiger partial charge in [0, 0.05) is 41.6 Å². The van der Waals surface area contributed by atoms with Gasteiger partial charge in [0.2, 0.25) is 0 Å². The van der Waals surface area contributed by atoms with E-state index in [0.29, 0.717) is 6.42 Å². The van der Waals surface area contributed by atoms with E-state index in [-0.39, 0.29) is 6.42 Å². The van der Waals surface area contributed by atoms with Crippen LogP contribution in [0.2, 0.25) is 0 Å². The Bertz CT molecular complexity index is 897. The third kappa shape index (κ3) is 3.99. The van der Waals surface area contributed by atoms with E-state index in [2.05, 4.69) is 44.8 Å². The predicted octanol–water partition coefficient (Wildman–Crippen LogP) is 3.66. The van der Waals surface area contributed by atoms with Gasteiger partial charge in [0.1, 0.15) is 0 Å². The second-order valence-corrected chi connectivity index (χ2v) is 7.25. The summed E-state index contributed by atoms with van der Waals surface area (Å²) in [5.41, 5.74) is 5.17. The van der Waals surface area contributed by atoms with Crippen molar-refractivity contribution in [3.63, 3.8) is 0 Å². The lowest BCUT2D eigenvalue weighted by atomic mass is 10.1. The molecule has 0 N–H and O–H groups in total. The van der Waals surface area contributed by atoms with Crippen molar-refractivity contribution in [2.24, 2.45) is 0 Å². The molecule has 26 heavy (non-hydrogen) atoms. The van der Waals surface area contributed by atoms with Gasteiger partial charge in [-0.2, -0.15) is 0 Å². The zero-order valence-electron chi connectivity index (χ0n) is 14.8. The predicted molar refractivity (Wildman–Crippen MR) is 107 cm³/mol. The molecule has 5 heteroatoms. The highest BCUT2D eigenvalue weighted by molar-refractivity contribution is 9.10. The molecular formula is C21H20BrN2O2-. The lowest BCUT2D eigenvalue weighted by molar-refractivity contribution is -0.305. The fourth-order valence-corrected chi connectivity index (χ4v) is 3.22. The number of anilines is 1. The van der Waals surface area contributed by atoms with Crippen LogP contribution in [-0.4, -0.2) is 24.6 Å². The van der Waals surface area contributed by atoms with E-state index in [1.807, 2.05) is 55.4 Å². The van der Waals surface area contributed by atoms with Gasteiger partial charge in [-0.1, -0.05) is 28.1 Å². The van der Waals surface area contributed by atoms with Gasteiger partial charge in [-0.05, 0) is 66.9 Å². The van der Waals surface area contributed by atoms with Gasteiger partial charge < -0.3 is 19.4 Å². The van der Waals surface area contributed by atoms with E-state index in [1.54, 1.807) is 0 Å². The van der Waals surface area contributed by atoms with Crippen molar-refractivity contribution in [1.29, 1.82) is 0 Å². The highest BCUT2D eigenvalue weighted by atomic mass is 79.9. The molecule has 1 heterocycles. The average molecular weight is 412 g/mol. The Labute approximate surface area is 161 Å². The molecule has 0 spiro atoms. The number of nitrogens with zero attached hydrogens (tertiary/aromatic N) is 2. The zero-order valence-corrected chi connectivity index (χ0v) is 16.4. The van der Waals surface area contributed by atoms with Gasteiger partial charge in [0.15, 0.2) is 0 Å². The molecular weight excluding hydrogens is 392 g/mol. The summed E-state index contributed by atoms with van der Waals surface area (Å²) in [4.78, 5) is 13.0. The van der Waals surface area contributed by atoms with Crippen molar-refractivity contribution >= 4 is 27.6 Å². The number of halogens is 1. The molecule has 4 nitrogen and oxygen atoms in total. The molecule has 2 aromatic carbocycles. The maximum absolute atomic E-state index is 10.9. The molecule has 0 amide bonds. The van der Waals surface area contributed by atoms with Crippen LogP contribution in [0.4, 0.5) is 5.69 Å². The van der Waals surface area contributed by atoms with Crippen LogP contribution in [0.5, 0.6) is 0 Å². The van der Waals surface area contributed by atoms with Gasteiger partial charge in [0.25, 0.3) is 0 Å². The summed E-state index contributed by atoms with van der Waals surface area (Å²) < 4.78 is 3.14. The zero-order chi connectivity index (χ0) is 18.7. The number of rotatable bonds is 6. The molecule has 0 aliphatic rings. The number of hydrogen-bond donors (Lipinski definition) is 0. The summed E-state index contributed by atoms with van der Waals surface area (Å²) >= 11 is 3.47. The third-order valence-electron chi connectivity index (χ3n) is 4.31. The normalized spacial score (nSPS) is 10.7. The van der Waals surface area contributed by atoms with Crippen molar-refractivity contribution in [3.8, 4) is 16.9 Å². The minimum Gasteiger partial charge on any atom is -0.550 e. The Hall–Kier alpha value is -2.53. The van der Waals surface area contributed by atoms with Crippen molar-refractivity contribution in [2.75, 3.05) is 19.0 Å². The molecule has 3 aromatic rings. The molecule has 0 radical (unpaired) electrons. The fourth-order valence-electron chi connectivity index (χ4n) is 2.95. The quantitative estimate of drug-likeness (QED) is 0.621. The summed E-state index contributed by atoms with van der Waals surface area (Å²) in [5.74, 6) is -1.04. The summed E-state index contributed by atoms with van der Waals surface area (Å²) in [6, 6.07) is 20.4. The number of carboxylic acids is 1. The van der Waals surface area contributed by atoms with E-state index in [1.165, 1.54) is 0 Å². The Morgan fingerprint density at radius 3 is 2.23 bits per heavy atom. The van der Waals surface area contributed by atoms with E-state index >= 15 is 0 Å². The van der Waals surface area contributed by atoms with Gasteiger partial charge in [-0.3, -0.25) is 0 Å². The standard InChI is InChI=1S/C21H21BrN2O2/c1-23(2)17-7-9-18(10-8-17)24-19(12-14-21(25)26)11-13-20(24)15-3-5-16(22)6-4-15/h3-11,13H,12,14H2,1-2H3,(H,25,26)/p-1. The summed E-state index contributed by atoms with van der Waals surface area (Å²) in [6.07, 6.45) is 0.424. The molecule has 134 valence electrons. The Morgan fingerprint density at radius 1 is 1.00 bits per heavy atom. The van der Waals surface area contributed by atoms with E-state index < -0.39 is 5.97 Å². The minimum atomic E-state index is -1.04. The largest absolute Gasteiger partial charge is 0.550 e. The molecule has 0 saturated carbocycles. The first kappa shape index (κ1) is 18.3. The monoisotopic (exact) mass is 411 g/mol. The Morgan fingerprint density at radius 2 is 1.65 bits per heavy atom. The van der Waals surface area contributed by atoms with Crippen LogP contribution in [-0.2, 0) is 11.2 Å². The van der Waals surface area contributed by atoms with Crippen molar-refractivity contribution in [2.45, 2.75) is 12.8 Å². The highest BCUT2D eigenvalue weighted by Gasteiger charge is 2.12. The number of carboxylic acid groups (broad SMARTS) is 1. The average Bonchev–Trinajstić information content (AvgIpc) is 3.04. The lowest BCUT2D eigenvalue weighted by Crippen LogP contribution is -2.22. The third-order valence-corrected chi connectivity index (χ3v) is 4.84. The smallest absolute Gasteiger partial charge is 0.0531 e. The topological polar surface area (TPSA) is 48.3 Å². The molecule has 0 saturated heterocycles. The van der Waals surface area contributed by atoms with Crippen molar-refractivity contribution in [3.05, 3.63) is 70.8 Å². The minimum absolute atomic E-state index is 0.000424. The second-order valence-electron chi connectivity index (χ2n) is 6.34. The van der Waals surface area contributed by atoms with Crippen LogP contribution < -0.4 is 10.0 Å². The van der Waals surface area contributed by atoms with E-state index in [0.717, 1.165) is 32.8 Å². The molecule has 0 bridgehead atoms. The molecule has 0 aliphatic carbocycles. The van der Waals surface area contributed by atoms with Gasteiger partial charge in [-0.25, -0.2) is 0 Å². The van der Waals surface area contributed by atoms with Crippen molar-refractivity contribution in [1.82, 2.24) is 4.57 Å². The molecule has 1 aromatic heterocycles. The molecule has 0 aliphatic heterocycles. The first-order chi connectivity index (χ1) is 12.5. The first-order valence-corrected chi connectivity index (χ1v) is 9.19. The SMILES string of the molecule is CN(C)c1ccc(-n2c(CCC(=O)[O-])ccc2-c2ccc(Br)cc2)cc1. The number of aromatic nitrogens is 1. The maximum Gasteiger partial charge on any atom is 0.0531 e. The molecule has 0 fully saturated rings. The number of carbonyl (C=O) groups excluding carboxylic acids is 1. The molecule has 0 atom stereocenters. The van der Waals surface area contributed by atoms with Crippen LogP contribution in [0.1, 0.15) is 12.1 Å². The van der Waals surface area contributed by atoms with Gasteiger partial charge >= 0.3 is 0 Å². The number of hydrogen-bond acceptors (Lipinski definition) is 3. The number of aliphatic carboxylic acids is 1.